The summed E-state index contributed by atoms with van der Waals surface area (Å²) in [4.78, 5) is 38.0. The van der Waals surface area contributed by atoms with Crippen LogP contribution in [0.15, 0.2) is 48.5 Å². The van der Waals surface area contributed by atoms with Gasteiger partial charge in [-0.15, -0.1) is 0 Å². The quantitative estimate of drug-likeness (QED) is 0.613. The summed E-state index contributed by atoms with van der Waals surface area (Å²) < 4.78 is 5.56. The predicted octanol–water partition coefficient (Wildman–Crippen LogP) is 4.12. The second kappa shape index (κ2) is 9.49. The van der Waals surface area contributed by atoms with Gasteiger partial charge in [0.25, 0.3) is 0 Å². The molecule has 4 rings (SSSR count). The molecule has 0 bridgehead atoms. The number of nitrogens with one attached hydrogen (secondary N) is 1. The van der Waals surface area contributed by atoms with Crippen molar-refractivity contribution in [3.63, 3.8) is 0 Å². The van der Waals surface area contributed by atoms with Crippen molar-refractivity contribution in [1.82, 2.24) is 10.2 Å². The molecule has 2 amide bonds. The van der Waals surface area contributed by atoms with E-state index in [9.17, 15) is 14.4 Å². The zero-order valence-electron chi connectivity index (χ0n) is 19.9. The van der Waals surface area contributed by atoms with Crippen molar-refractivity contribution in [2.24, 2.45) is 17.3 Å². The zero-order valence-corrected chi connectivity index (χ0v) is 19.9. The third-order valence-electron chi connectivity index (χ3n) is 7.24. The molecule has 1 heterocycles. The van der Waals surface area contributed by atoms with Crippen molar-refractivity contribution in [3.05, 3.63) is 59.7 Å². The van der Waals surface area contributed by atoms with Crippen LogP contribution >= 0.6 is 0 Å². The number of carbonyl (C=O) groups is 3. The summed E-state index contributed by atoms with van der Waals surface area (Å²) in [5.41, 5.74) is 4.02. The smallest absolute Gasteiger partial charge is 0.407 e. The number of hydrogen-bond acceptors (Lipinski definition) is 4. The molecule has 1 aliphatic heterocycles. The van der Waals surface area contributed by atoms with E-state index in [0.29, 0.717) is 26.1 Å². The topological polar surface area (TPSA) is 95.9 Å². The number of aliphatic carboxylic acids is 1. The van der Waals surface area contributed by atoms with Crippen LogP contribution in [0.2, 0.25) is 0 Å². The molecule has 2 aromatic rings. The van der Waals surface area contributed by atoms with Gasteiger partial charge in [-0.2, -0.15) is 0 Å². The monoisotopic (exact) mass is 464 g/mol. The van der Waals surface area contributed by atoms with E-state index in [2.05, 4.69) is 29.6 Å². The Balaban J connectivity index is 1.24. The molecule has 1 unspecified atom stereocenters. The second-order valence-corrected chi connectivity index (χ2v) is 9.98. The van der Waals surface area contributed by atoms with Crippen LogP contribution in [0.5, 0.6) is 0 Å². The Hall–Kier alpha value is -3.35. The Morgan fingerprint density at radius 1 is 1.06 bits per heavy atom. The molecule has 0 aromatic heterocycles. The van der Waals surface area contributed by atoms with Crippen LogP contribution in [0.4, 0.5) is 4.79 Å². The molecule has 2 aliphatic rings. The average Bonchev–Trinajstić information content (AvgIpc) is 3.10. The number of benzene rings is 2. The molecule has 2 aromatic carbocycles. The van der Waals surface area contributed by atoms with Crippen molar-refractivity contribution >= 4 is 18.0 Å². The molecule has 1 fully saturated rings. The van der Waals surface area contributed by atoms with Gasteiger partial charge in [0.15, 0.2) is 0 Å². The molecular formula is C27H32N2O5. The molecule has 1 aliphatic carbocycles. The number of carboxylic acids is 1. The maximum atomic E-state index is 12.8. The Morgan fingerprint density at radius 3 is 2.18 bits per heavy atom. The molecule has 7 heteroatoms. The number of likely N-dealkylation sites (tertiary alicyclic amines) is 1. The fraction of sp³-hybridized carbons (Fsp3) is 0.444. The van der Waals surface area contributed by atoms with Crippen molar-refractivity contribution in [2.45, 2.75) is 33.1 Å². The number of hydrogen-bond donors (Lipinski definition) is 2. The Bertz CT molecular complexity index is 1040. The lowest BCUT2D eigenvalue weighted by atomic mass is 9.82. The molecular weight excluding hydrogens is 432 g/mol. The largest absolute Gasteiger partial charge is 0.481 e. The van der Waals surface area contributed by atoms with Crippen molar-refractivity contribution in [2.75, 3.05) is 26.2 Å². The highest BCUT2D eigenvalue weighted by Gasteiger charge is 2.41. The number of fused-ring (bicyclic) bond motifs is 3. The molecule has 2 N–H and O–H groups in total. The van der Waals surface area contributed by atoms with Crippen LogP contribution in [-0.4, -0.2) is 54.2 Å². The van der Waals surface area contributed by atoms with Crippen LogP contribution in [0.1, 0.15) is 44.2 Å². The van der Waals surface area contributed by atoms with E-state index >= 15 is 0 Å². The van der Waals surface area contributed by atoms with Gasteiger partial charge in [0.1, 0.15) is 6.61 Å². The molecule has 1 saturated heterocycles. The summed E-state index contributed by atoms with van der Waals surface area (Å²) in [7, 11) is 0. The van der Waals surface area contributed by atoms with Crippen LogP contribution in [0.25, 0.3) is 11.1 Å². The van der Waals surface area contributed by atoms with Gasteiger partial charge in [-0.25, -0.2) is 4.79 Å². The van der Waals surface area contributed by atoms with E-state index in [1.54, 1.807) is 11.8 Å². The number of nitrogens with zero attached hydrogens (tertiary/aromatic N) is 1. The highest BCUT2D eigenvalue weighted by molar-refractivity contribution is 5.83. The SMILES string of the molecule is CC(C(=O)O)C1CN(C(=O)C(C)(C)CCNC(=O)OCC2c3ccccc3-c3ccccc32)C1. The summed E-state index contributed by atoms with van der Waals surface area (Å²) in [6.45, 7) is 6.88. The lowest BCUT2D eigenvalue weighted by Crippen LogP contribution is -2.57. The van der Waals surface area contributed by atoms with Gasteiger partial charge in [0.05, 0.1) is 5.92 Å². The first-order valence-corrected chi connectivity index (χ1v) is 11.8. The minimum atomic E-state index is -0.830. The van der Waals surface area contributed by atoms with Gasteiger partial charge in [-0.05, 0) is 28.7 Å². The minimum absolute atomic E-state index is 0.00345. The number of ether oxygens (including phenoxy) is 1. The van der Waals surface area contributed by atoms with Crippen molar-refractivity contribution in [3.8, 4) is 11.1 Å². The first-order valence-electron chi connectivity index (χ1n) is 11.8. The van der Waals surface area contributed by atoms with Gasteiger partial charge in [-0.1, -0.05) is 69.3 Å². The maximum Gasteiger partial charge on any atom is 0.407 e. The van der Waals surface area contributed by atoms with E-state index in [4.69, 9.17) is 9.84 Å². The zero-order chi connectivity index (χ0) is 24.5. The second-order valence-electron chi connectivity index (χ2n) is 9.98. The van der Waals surface area contributed by atoms with Crippen molar-refractivity contribution < 1.29 is 24.2 Å². The van der Waals surface area contributed by atoms with Crippen molar-refractivity contribution in [1.29, 1.82) is 0 Å². The highest BCUT2D eigenvalue weighted by Crippen LogP contribution is 2.44. The fourth-order valence-electron chi connectivity index (χ4n) is 4.86. The summed E-state index contributed by atoms with van der Waals surface area (Å²) in [5.74, 6) is -1.30. The third kappa shape index (κ3) is 4.65. The summed E-state index contributed by atoms with van der Waals surface area (Å²) in [5, 5.41) is 11.9. The van der Waals surface area contributed by atoms with E-state index in [0.717, 1.165) is 11.1 Å². The summed E-state index contributed by atoms with van der Waals surface area (Å²) in [6, 6.07) is 16.4. The maximum absolute atomic E-state index is 12.8. The molecule has 180 valence electrons. The van der Waals surface area contributed by atoms with Crippen LogP contribution in [-0.2, 0) is 14.3 Å². The molecule has 0 saturated carbocycles. The molecule has 0 radical (unpaired) electrons. The van der Waals surface area contributed by atoms with Crippen LogP contribution in [0.3, 0.4) is 0 Å². The fourth-order valence-corrected chi connectivity index (χ4v) is 4.86. The van der Waals surface area contributed by atoms with Gasteiger partial charge in [0, 0.05) is 36.9 Å². The summed E-state index contributed by atoms with van der Waals surface area (Å²) >= 11 is 0. The number of alkyl carbamates (subject to hydrolysis) is 1. The Labute approximate surface area is 200 Å². The van der Waals surface area contributed by atoms with Crippen LogP contribution < -0.4 is 5.32 Å². The summed E-state index contributed by atoms with van der Waals surface area (Å²) in [6.07, 6.45) is -0.0320. The highest BCUT2D eigenvalue weighted by atomic mass is 16.5. The molecule has 34 heavy (non-hydrogen) atoms. The van der Waals surface area contributed by atoms with E-state index in [1.165, 1.54) is 11.1 Å². The standard InChI is InChI=1S/C27H32N2O5/c1-17(24(30)31)18-14-29(15-18)25(32)27(2,3)12-13-28-26(33)34-16-23-21-10-6-4-8-19(21)20-9-5-7-11-22(20)23/h4-11,17-18,23H,12-16H2,1-3H3,(H,28,33)(H,30,31). The first-order chi connectivity index (χ1) is 16.2. The molecule has 1 atom stereocenters. The van der Waals surface area contributed by atoms with E-state index in [-0.39, 0.29) is 24.3 Å². The minimum Gasteiger partial charge on any atom is -0.481 e. The number of carbonyl (C=O) groups excluding carboxylic acids is 2. The number of amides is 2. The third-order valence-corrected chi connectivity index (χ3v) is 7.24. The average molecular weight is 465 g/mol. The lowest BCUT2D eigenvalue weighted by Gasteiger charge is -2.44. The Kier molecular flexibility index (Phi) is 6.64. The molecule has 0 spiro atoms. The first kappa shape index (κ1) is 23.8. The van der Waals surface area contributed by atoms with Gasteiger partial charge in [0.2, 0.25) is 5.91 Å². The van der Waals surface area contributed by atoms with Crippen LogP contribution in [0, 0.1) is 17.3 Å². The normalized spacial score (nSPS) is 16.3. The van der Waals surface area contributed by atoms with Gasteiger partial charge in [-0.3, -0.25) is 9.59 Å². The Morgan fingerprint density at radius 2 is 1.62 bits per heavy atom. The lowest BCUT2D eigenvalue weighted by molar-refractivity contribution is -0.155. The molecule has 7 nitrogen and oxygen atoms in total. The van der Waals surface area contributed by atoms with Gasteiger partial charge < -0.3 is 20.1 Å². The van der Waals surface area contributed by atoms with E-state index < -0.39 is 23.4 Å². The number of carboxylic acid groups (broad SMARTS) is 1. The van der Waals surface area contributed by atoms with E-state index in [1.807, 2.05) is 38.1 Å². The predicted molar refractivity (Wildman–Crippen MR) is 128 cm³/mol. The number of rotatable bonds is 8. The van der Waals surface area contributed by atoms with Gasteiger partial charge >= 0.3 is 12.1 Å².